The zero-order valence-corrected chi connectivity index (χ0v) is 21.3. The second-order valence-corrected chi connectivity index (χ2v) is 10.1. The van der Waals surface area contributed by atoms with Gasteiger partial charge in [0.15, 0.2) is 0 Å². The van der Waals surface area contributed by atoms with Crippen LogP contribution in [0.2, 0.25) is 0 Å². The van der Waals surface area contributed by atoms with Crippen LogP contribution in [0.25, 0.3) is 5.57 Å². The molecule has 4 atom stereocenters. The van der Waals surface area contributed by atoms with E-state index in [-0.39, 0.29) is 24.1 Å². The second kappa shape index (κ2) is 10.1. The minimum Gasteiger partial charge on any atom is -0.368 e. The minimum atomic E-state index is -5.00. The zero-order chi connectivity index (χ0) is 29.0. The Morgan fingerprint density at radius 2 is 1.62 bits per heavy atom. The van der Waals surface area contributed by atoms with Gasteiger partial charge in [-0.05, 0) is 60.4 Å². The van der Waals surface area contributed by atoms with E-state index < -0.39 is 53.5 Å². The molecule has 1 saturated heterocycles. The number of fused-ring (bicyclic) bond motifs is 1. The predicted molar refractivity (Wildman–Crippen MR) is 130 cm³/mol. The first-order valence-corrected chi connectivity index (χ1v) is 12.4. The third-order valence-corrected chi connectivity index (χ3v) is 7.39. The molecule has 3 heterocycles. The van der Waals surface area contributed by atoms with Gasteiger partial charge in [0, 0.05) is 43.4 Å². The van der Waals surface area contributed by atoms with Crippen LogP contribution in [0.3, 0.4) is 0 Å². The van der Waals surface area contributed by atoms with Gasteiger partial charge in [0.05, 0.1) is 29.5 Å². The Morgan fingerprint density at radius 1 is 1.00 bits per heavy atom. The number of nitrogens with zero attached hydrogens (tertiary/aromatic N) is 3. The third kappa shape index (κ3) is 5.49. The van der Waals surface area contributed by atoms with Crippen molar-refractivity contribution in [3.63, 3.8) is 0 Å². The summed E-state index contributed by atoms with van der Waals surface area (Å²) in [4.78, 5) is 14.7. The SMILES string of the molecule is C[C@@H](O[C@H]1CN2C(=O)C=C(c3cnn(C)c3)CC2[C@@H]1c1ccc(F)cc1)c1cc(C(F)(F)F)cc(C(F)(F)F)c1. The van der Waals surface area contributed by atoms with E-state index in [1.165, 1.54) is 25.1 Å². The molecule has 1 unspecified atom stereocenters. The lowest BCUT2D eigenvalue weighted by molar-refractivity contribution is -0.143. The molecule has 0 spiro atoms. The van der Waals surface area contributed by atoms with Crippen molar-refractivity contribution >= 4 is 11.5 Å². The van der Waals surface area contributed by atoms with Gasteiger partial charge >= 0.3 is 12.4 Å². The van der Waals surface area contributed by atoms with Crippen molar-refractivity contribution in [1.29, 1.82) is 0 Å². The zero-order valence-electron chi connectivity index (χ0n) is 21.3. The van der Waals surface area contributed by atoms with E-state index in [1.807, 2.05) is 0 Å². The first-order valence-electron chi connectivity index (χ1n) is 12.4. The number of hydrogen-bond acceptors (Lipinski definition) is 3. The Hall–Kier alpha value is -3.67. The highest BCUT2D eigenvalue weighted by atomic mass is 19.4. The smallest absolute Gasteiger partial charge is 0.368 e. The van der Waals surface area contributed by atoms with Crippen LogP contribution in [-0.2, 0) is 28.9 Å². The van der Waals surface area contributed by atoms with Crippen molar-refractivity contribution < 1.29 is 40.3 Å². The highest BCUT2D eigenvalue weighted by molar-refractivity contribution is 5.97. The molecule has 0 N–H and O–H groups in total. The predicted octanol–water partition coefficient (Wildman–Crippen LogP) is 6.52. The van der Waals surface area contributed by atoms with E-state index in [2.05, 4.69) is 5.10 Å². The van der Waals surface area contributed by atoms with Crippen LogP contribution in [-0.4, -0.2) is 39.3 Å². The third-order valence-electron chi connectivity index (χ3n) is 7.39. The summed E-state index contributed by atoms with van der Waals surface area (Å²) in [5.41, 5.74) is -1.07. The number of amides is 1. The first kappa shape index (κ1) is 27.9. The van der Waals surface area contributed by atoms with E-state index in [9.17, 15) is 35.5 Å². The minimum absolute atomic E-state index is 0.0534. The van der Waals surface area contributed by atoms with Gasteiger partial charge in [0.1, 0.15) is 5.82 Å². The molecule has 5 rings (SSSR count). The highest BCUT2D eigenvalue weighted by Gasteiger charge is 2.48. The van der Waals surface area contributed by atoms with Crippen LogP contribution in [0.15, 0.2) is 60.9 Å². The molecule has 1 aromatic heterocycles. The summed E-state index contributed by atoms with van der Waals surface area (Å²) in [5.74, 6) is -1.32. The summed E-state index contributed by atoms with van der Waals surface area (Å²) in [6.07, 6.45) is -6.70. The monoisotopic (exact) mass is 567 g/mol. The number of benzene rings is 2. The average Bonchev–Trinajstić information content (AvgIpc) is 3.47. The van der Waals surface area contributed by atoms with Crippen LogP contribution in [0.5, 0.6) is 0 Å². The Bertz CT molecular complexity index is 1410. The average molecular weight is 568 g/mol. The standard InChI is InChI=1S/C28H24F7N3O2/c1-15(17-7-20(27(30,31)32)11-21(8-17)28(33,34)35)40-24-14-38-23(26(24)16-3-5-22(29)6-4-16)9-18(10-25(38)39)19-12-36-37(2)13-19/h3-8,10-13,15,23-24,26H,9,14H2,1-2H3/t15-,23?,24+,26+/m1/s1. The van der Waals surface area contributed by atoms with Gasteiger partial charge in [0.25, 0.3) is 0 Å². The number of carbonyl (C=O) groups is 1. The summed E-state index contributed by atoms with van der Waals surface area (Å²) < 4.78 is 102. The molecular formula is C28H24F7N3O2. The molecule has 0 saturated carbocycles. The second-order valence-electron chi connectivity index (χ2n) is 10.1. The Kier molecular flexibility index (Phi) is 7.01. The molecule has 0 aliphatic carbocycles. The van der Waals surface area contributed by atoms with Crippen molar-refractivity contribution in [2.24, 2.45) is 7.05 Å². The lowest BCUT2D eigenvalue weighted by Crippen LogP contribution is -2.39. The molecule has 0 bridgehead atoms. The molecule has 2 aliphatic heterocycles. The molecule has 2 aromatic carbocycles. The number of aromatic nitrogens is 2. The fourth-order valence-corrected chi connectivity index (χ4v) is 5.48. The van der Waals surface area contributed by atoms with Crippen molar-refractivity contribution in [2.45, 2.75) is 49.9 Å². The lowest BCUT2D eigenvalue weighted by Gasteiger charge is -2.32. The number of halogens is 7. The van der Waals surface area contributed by atoms with Crippen LogP contribution in [0, 0.1) is 5.82 Å². The fraction of sp³-hybridized carbons (Fsp3) is 0.357. The maximum Gasteiger partial charge on any atom is 0.416 e. The maximum absolute atomic E-state index is 13.8. The van der Waals surface area contributed by atoms with E-state index in [0.29, 0.717) is 24.1 Å². The molecule has 40 heavy (non-hydrogen) atoms. The molecule has 2 aliphatic rings. The van der Waals surface area contributed by atoms with E-state index in [1.54, 1.807) is 41.2 Å². The van der Waals surface area contributed by atoms with Crippen LogP contribution in [0.1, 0.15) is 53.2 Å². The molecule has 5 nitrogen and oxygen atoms in total. The Morgan fingerprint density at radius 3 is 2.17 bits per heavy atom. The fourth-order valence-electron chi connectivity index (χ4n) is 5.48. The molecule has 1 fully saturated rings. The van der Waals surface area contributed by atoms with E-state index in [0.717, 1.165) is 11.1 Å². The van der Waals surface area contributed by atoms with E-state index in [4.69, 9.17) is 4.74 Å². The van der Waals surface area contributed by atoms with Crippen molar-refractivity contribution in [3.8, 4) is 0 Å². The lowest BCUT2D eigenvalue weighted by atomic mass is 9.84. The quantitative estimate of drug-likeness (QED) is 0.330. The number of rotatable bonds is 5. The summed E-state index contributed by atoms with van der Waals surface area (Å²) in [7, 11) is 1.74. The van der Waals surface area contributed by atoms with Gasteiger partial charge in [-0.2, -0.15) is 31.4 Å². The van der Waals surface area contributed by atoms with Gasteiger partial charge in [0.2, 0.25) is 5.91 Å². The van der Waals surface area contributed by atoms with Gasteiger partial charge in [-0.3, -0.25) is 9.48 Å². The van der Waals surface area contributed by atoms with Gasteiger partial charge in [-0.15, -0.1) is 0 Å². The molecule has 12 heteroatoms. The van der Waals surface area contributed by atoms with Gasteiger partial charge in [-0.25, -0.2) is 4.39 Å². The summed E-state index contributed by atoms with van der Waals surface area (Å²) in [6, 6.07) is 6.50. The first-order chi connectivity index (χ1) is 18.7. The van der Waals surface area contributed by atoms with E-state index >= 15 is 0 Å². The van der Waals surface area contributed by atoms with Crippen LogP contribution < -0.4 is 0 Å². The molecular weight excluding hydrogens is 543 g/mol. The van der Waals surface area contributed by atoms with Gasteiger partial charge in [-0.1, -0.05) is 12.1 Å². The Balaban J connectivity index is 1.49. The normalized spacial score (nSPS) is 22.3. The number of hydrogen-bond donors (Lipinski definition) is 0. The van der Waals surface area contributed by atoms with Crippen LogP contribution in [0.4, 0.5) is 30.7 Å². The van der Waals surface area contributed by atoms with Crippen molar-refractivity contribution in [1.82, 2.24) is 14.7 Å². The van der Waals surface area contributed by atoms with Gasteiger partial charge < -0.3 is 9.64 Å². The molecule has 3 aromatic rings. The molecule has 212 valence electrons. The van der Waals surface area contributed by atoms with Crippen LogP contribution >= 0.6 is 0 Å². The number of alkyl halides is 6. The topological polar surface area (TPSA) is 47.4 Å². The maximum atomic E-state index is 13.8. The number of carbonyl (C=O) groups excluding carboxylic acids is 1. The molecule has 1 amide bonds. The summed E-state index contributed by atoms with van der Waals surface area (Å²) in [5, 5.41) is 4.15. The van der Waals surface area contributed by atoms with Crippen molar-refractivity contribution in [3.05, 3.63) is 94.6 Å². The number of ether oxygens (including phenoxy) is 1. The molecule has 0 radical (unpaired) electrons. The van der Waals surface area contributed by atoms with Crippen molar-refractivity contribution in [2.75, 3.05) is 6.54 Å². The summed E-state index contributed by atoms with van der Waals surface area (Å²) in [6.45, 7) is 1.42. The largest absolute Gasteiger partial charge is 0.416 e. The number of aryl methyl sites for hydroxylation is 1. The highest BCUT2D eigenvalue weighted by Crippen LogP contribution is 2.45. The Labute approximate surface area is 224 Å². The summed E-state index contributed by atoms with van der Waals surface area (Å²) >= 11 is 0.